The molecule has 148 valence electrons. The molecular weight excluding hydrogens is 358 g/mol. The summed E-state index contributed by atoms with van der Waals surface area (Å²) in [6, 6.07) is 14.4. The summed E-state index contributed by atoms with van der Waals surface area (Å²) in [6.45, 7) is 2.97. The van der Waals surface area contributed by atoms with Crippen molar-refractivity contribution in [3.8, 4) is 5.75 Å². The Morgan fingerprint density at radius 1 is 1.00 bits per heavy atom. The third-order valence-corrected chi connectivity index (χ3v) is 4.26. The molecular formula is C21H25N3O4. The third kappa shape index (κ3) is 6.28. The zero-order valence-corrected chi connectivity index (χ0v) is 15.9. The van der Waals surface area contributed by atoms with E-state index in [0.29, 0.717) is 18.0 Å². The Morgan fingerprint density at radius 2 is 1.64 bits per heavy atom. The van der Waals surface area contributed by atoms with Gasteiger partial charge < -0.3 is 25.4 Å². The van der Waals surface area contributed by atoms with Crippen molar-refractivity contribution in [3.63, 3.8) is 0 Å². The minimum absolute atomic E-state index is 0.135. The van der Waals surface area contributed by atoms with Crippen molar-refractivity contribution in [3.05, 3.63) is 48.5 Å². The van der Waals surface area contributed by atoms with Gasteiger partial charge in [0.2, 0.25) is 11.8 Å². The second-order valence-corrected chi connectivity index (χ2v) is 6.63. The van der Waals surface area contributed by atoms with E-state index >= 15 is 0 Å². The quantitative estimate of drug-likeness (QED) is 0.651. The molecule has 2 amide bonds. The van der Waals surface area contributed by atoms with Crippen molar-refractivity contribution >= 4 is 28.9 Å². The van der Waals surface area contributed by atoms with E-state index in [9.17, 15) is 9.59 Å². The van der Waals surface area contributed by atoms with Crippen LogP contribution in [0.25, 0.3) is 0 Å². The van der Waals surface area contributed by atoms with Crippen LogP contribution < -0.4 is 20.7 Å². The predicted molar refractivity (Wildman–Crippen MR) is 109 cm³/mol. The first-order chi connectivity index (χ1) is 13.6. The van der Waals surface area contributed by atoms with Gasteiger partial charge in [-0.2, -0.15) is 0 Å². The maximum absolute atomic E-state index is 12.1. The first-order valence-electron chi connectivity index (χ1n) is 9.34. The molecule has 0 spiro atoms. The average molecular weight is 383 g/mol. The van der Waals surface area contributed by atoms with Crippen molar-refractivity contribution < 1.29 is 19.1 Å². The number of anilines is 3. The molecule has 1 heterocycles. The van der Waals surface area contributed by atoms with Gasteiger partial charge in [-0.25, -0.2) is 0 Å². The smallest absolute Gasteiger partial charge is 0.243 e. The SMILES string of the molecule is CC(=O)Nc1ccc(NC(=O)CNc2ccc(OCC3CCCO3)cc2)cc1. The van der Waals surface area contributed by atoms with Crippen LogP contribution in [0, 0.1) is 0 Å². The van der Waals surface area contributed by atoms with E-state index in [1.54, 1.807) is 24.3 Å². The van der Waals surface area contributed by atoms with Gasteiger partial charge in [-0.05, 0) is 61.4 Å². The Labute approximate surface area is 164 Å². The fraction of sp³-hybridized carbons (Fsp3) is 0.333. The van der Waals surface area contributed by atoms with Gasteiger partial charge in [0.15, 0.2) is 0 Å². The Balaban J connectivity index is 1.40. The number of benzene rings is 2. The molecule has 7 heteroatoms. The number of hydrogen-bond acceptors (Lipinski definition) is 5. The van der Waals surface area contributed by atoms with E-state index in [4.69, 9.17) is 9.47 Å². The topological polar surface area (TPSA) is 88.7 Å². The van der Waals surface area contributed by atoms with Gasteiger partial charge in [0.05, 0.1) is 12.6 Å². The third-order valence-electron chi connectivity index (χ3n) is 4.26. The highest BCUT2D eigenvalue weighted by Gasteiger charge is 2.15. The number of rotatable bonds is 8. The van der Waals surface area contributed by atoms with Crippen LogP contribution in [0.2, 0.25) is 0 Å². The highest BCUT2D eigenvalue weighted by atomic mass is 16.5. The van der Waals surface area contributed by atoms with Crippen LogP contribution in [0.15, 0.2) is 48.5 Å². The fourth-order valence-electron chi connectivity index (χ4n) is 2.86. The summed E-state index contributed by atoms with van der Waals surface area (Å²) in [5.41, 5.74) is 2.19. The van der Waals surface area contributed by atoms with Crippen molar-refractivity contribution in [2.24, 2.45) is 0 Å². The lowest BCUT2D eigenvalue weighted by atomic mass is 10.2. The van der Waals surface area contributed by atoms with Gasteiger partial charge in [-0.1, -0.05) is 0 Å². The molecule has 1 aliphatic rings. The molecule has 1 saturated heterocycles. The molecule has 2 aromatic carbocycles. The molecule has 7 nitrogen and oxygen atoms in total. The number of carbonyl (C=O) groups excluding carboxylic acids is 2. The number of nitrogens with one attached hydrogen (secondary N) is 3. The molecule has 1 atom stereocenters. The molecule has 1 aliphatic heterocycles. The number of amides is 2. The first kappa shape index (κ1) is 19.7. The Kier molecular flexibility index (Phi) is 6.86. The molecule has 2 aromatic rings. The summed E-state index contributed by atoms with van der Waals surface area (Å²) in [6.07, 6.45) is 2.33. The van der Waals surface area contributed by atoms with Crippen molar-refractivity contribution in [1.29, 1.82) is 0 Å². The van der Waals surface area contributed by atoms with Gasteiger partial charge in [-0.15, -0.1) is 0 Å². The van der Waals surface area contributed by atoms with E-state index in [2.05, 4.69) is 16.0 Å². The summed E-state index contributed by atoms with van der Waals surface area (Å²) < 4.78 is 11.3. The van der Waals surface area contributed by atoms with Crippen LogP contribution >= 0.6 is 0 Å². The van der Waals surface area contributed by atoms with Gasteiger partial charge >= 0.3 is 0 Å². The number of carbonyl (C=O) groups is 2. The van der Waals surface area contributed by atoms with Crippen LogP contribution in [0.1, 0.15) is 19.8 Å². The molecule has 28 heavy (non-hydrogen) atoms. The lowest BCUT2D eigenvalue weighted by Gasteiger charge is -2.12. The van der Waals surface area contributed by atoms with E-state index in [0.717, 1.165) is 30.9 Å². The minimum atomic E-state index is -0.161. The molecule has 0 saturated carbocycles. The summed E-state index contributed by atoms with van der Waals surface area (Å²) in [5.74, 6) is 0.486. The lowest BCUT2D eigenvalue weighted by molar-refractivity contribution is -0.115. The number of hydrogen-bond donors (Lipinski definition) is 3. The summed E-state index contributed by atoms with van der Waals surface area (Å²) >= 11 is 0. The summed E-state index contributed by atoms with van der Waals surface area (Å²) in [5, 5.41) is 8.56. The second-order valence-electron chi connectivity index (χ2n) is 6.63. The lowest BCUT2D eigenvalue weighted by Crippen LogP contribution is -2.21. The highest BCUT2D eigenvalue weighted by molar-refractivity contribution is 5.94. The van der Waals surface area contributed by atoms with Crippen LogP contribution in [-0.2, 0) is 14.3 Å². The van der Waals surface area contributed by atoms with E-state index in [1.807, 2.05) is 24.3 Å². The monoisotopic (exact) mass is 383 g/mol. The maximum Gasteiger partial charge on any atom is 0.243 e. The Morgan fingerprint density at radius 3 is 2.25 bits per heavy atom. The Hall–Kier alpha value is -3.06. The van der Waals surface area contributed by atoms with Crippen LogP contribution in [-0.4, -0.2) is 37.7 Å². The van der Waals surface area contributed by atoms with Gasteiger partial charge in [-0.3, -0.25) is 9.59 Å². The molecule has 0 bridgehead atoms. The predicted octanol–water partition coefficient (Wildman–Crippen LogP) is 3.25. The molecule has 3 rings (SSSR count). The standard InChI is InChI=1S/C21H25N3O4/c1-15(25)23-17-4-6-18(7-5-17)24-21(26)13-22-16-8-10-19(11-9-16)28-14-20-3-2-12-27-20/h4-11,20,22H,2-3,12-14H2,1H3,(H,23,25)(H,24,26). The fourth-order valence-corrected chi connectivity index (χ4v) is 2.86. The average Bonchev–Trinajstić information content (AvgIpc) is 3.20. The number of ether oxygens (including phenoxy) is 2. The Bertz CT molecular complexity index is 784. The molecule has 1 unspecified atom stereocenters. The summed E-state index contributed by atoms with van der Waals surface area (Å²) in [7, 11) is 0. The largest absolute Gasteiger partial charge is 0.491 e. The molecule has 1 fully saturated rings. The molecule has 3 N–H and O–H groups in total. The van der Waals surface area contributed by atoms with E-state index in [-0.39, 0.29) is 24.5 Å². The minimum Gasteiger partial charge on any atom is -0.491 e. The van der Waals surface area contributed by atoms with Gasteiger partial charge in [0.1, 0.15) is 12.4 Å². The molecule has 0 aromatic heterocycles. The molecule has 0 radical (unpaired) electrons. The first-order valence-corrected chi connectivity index (χ1v) is 9.34. The summed E-state index contributed by atoms with van der Waals surface area (Å²) in [4.78, 5) is 23.1. The van der Waals surface area contributed by atoms with Crippen LogP contribution in [0.4, 0.5) is 17.1 Å². The van der Waals surface area contributed by atoms with Gasteiger partial charge in [0, 0.05) is 30.6 Å². The van der Waals surface area contributed by atoms with Crippen molar-refractivity contribution in [2.45, 2.75) is 25.9 Å². The van der Waals surface area contributed by atoms with Crippen LogP contribution in [0.5, 0.6) is 5.75 Å². The molecule has 0 aliphatic carbocycles. The zero-order chi connectivity index (χ0) is 19.8. The van der Waals surface area contributed by atoms with Gasteiger partial charge in [0.25, 0.3) is 0 Å². The normalized spacial score (nSPS) is 15.7. The highest BCUT2D eigenvalue weighted by Crippen LogP contribution is 2.18. The van der Waals surface area contributed by atoms with E-state index < -0.39 is 0 Å². The van der Waals surface area contributed by atoms with E-state index in [1.165, 1.54) is 6.92 Å². The van der Waals surface area contributed by atoms with Crippen molar-refractivity contribution in [1.82, 2.24) is 0 Å². The van der Waals surface area contributed by atoms with Crippen molar-refractivity contribution in [2.75, 3.05) is 35.7 Å². The zero-order valence-electron chi connectivity index (χ0n) is 15.9. The van der Waals surface area contributed by atoms with Crippen LogP contribution in [0.3, 0.4) is 0 Å². The maximum atomic E-state index is 12.1. The second kappa shape index (κ2) is 9.75.